The van der Waals surface area contributed by atoms with Gasteiger partial charge in [0.25, 0.3) is 0 Å². The lowest BCUT2D eigenvalue weighted by molar-refractivity contribution is -0.140. The molecule has 24 heavy (non-hydrogen) atoms. The van der Waals surface area contributed by atoms with Crippen LogP contribution in [0.4, 0.5) is 0 Å². The highest BCUT2D eigenvalue weighted by molar-refractivity contribution is 5.79. The highest BCUT2D eigenvalue weighted by atomic mass is 16.5. The number of carbonyl (C=O) groups is 1. The topological polar surface area (TPSA) is 60.9 Å². The Morgan fingerprint density at radius 3 is 2.96 bits per heavy atom. The van der Waals surface area contributed by atoms with Gasteiger partial charge in [0, 0.05) is 44.0 Å². The molecular weight excluding hydrogens is 308 g/mol. The van der Waals surface area contributed by atoms with Gasteiger partial charge >= 0.3 is 0 Å². The monoisotopic (exact) mass is 332 g/mol. The Morgan fingerprint density at radius 1 is 1.29 bits per heavy atom. The van der Waals surface area contributed by atoms with Gasteiger partial charge in [0.15, 0.2) is 0 Å². The molecule has 4 rings (SSSR count). The highest BCUT2D eigenvalue weighted by Gasteiger charge is 2.48. The van der Waals surface area contributed by atoms with Crippen LogP contribution < -0.4 is 0 Å². The first kappa shape index (κ1) is 16.0. The molecule has 0 radical (unpaired) electrons. The van der Waals surface area contributed by atoms with Gasteiger partial charge in [0.1, 0.15) is 0 Å². The van der Waals surface area contributed by atoms with E-state index in [0.29, 0.717) is 39.6 Å². The quantitative estimate of drug-likeness (QED) is 0.830. The van der Waals surface area contributed by atoms with Crippen LogP contribution in [0.2, 0.25) is 0 Å². The first-order chi connectivity index (χ1) is 11.8. The van der Waals surface area contributed by atoms with Crippen LogP contribution >= 0.6 is 0 Å². The minimum absolute atomic E-state index is 0.0431. The summed E-state index contributed by atoms with van der Waals surface area (Å²) < 4.78 is 17.2. The average molecular weight is 332 g/mol. The zero-order valence-electron chi connectivity index (χ0n) is 13.8. The van der Waals surface area contributed by atoms with Crippen molar-refractivity contribution in [3.05, 3.63) is 30.1 Å². The predicted octanol–water partition coefficient (Wildman–Crippen LogP) is 1.25. The Balaban J connectivity index is 1.40. The number of nitrogens with zero attached hydrogens (tertiary/aromatic N) is 2. The molecule has 0 spiro atoms. The maximum absolute atomic E-state index is 12.9. The van der Waals surface area contributed by atoms with Gasteiger partial charge in [0.05, 0.1) is 32.0 Å². The molecule has 1 aromatic heterocycles. The van der Waals surface area contributed by atoms with E-state index in [1.807, 2.05) is 23.2 Å². The largest absolute Gasteiger partial charge is 0.381 e. The van der Waals surface area contributed by atoms with E-state index in [4.69, 9.17) is 14.2 Å². The molecule has 0 N–H and O–H groups in total. The van der Waals surface area contributed by atoms with Crippen LogP contribution in [0.15, 0.2) is 24.5 Å². The van der Waals surface area contributed by atoms with Crippen molar-refractivity contribution in [2.45, 2.75) is 31.6 Å². The molecule has 3 aliphatic heterocycles. The fraction of sp³-hybridized carbons (Fsp3) is 0.667. The first-order valence-electron chi connectivity index (χ1n) is 8.79. The van der Waals surface area contributed by atoms with Gasteiger partial charge in [-0.1, -0.05) is 6.07 Å². The number of aromatic nitrogens is 1. The number of rotatable bonds is 4. The molecule has 3 fully saturated rings. The SMILES string of the molecule is O=C(C1CCOCC1)N1C[C@H](OCc2cccnc2)[C@H]2COC[C@H]21. The van der Waals surface area contributed by atoms with Crippen molar-refractivity contribution >= 4 is 5.91 Å². The van der Waals surface area contributed by atoms with E-state index < -0.39 is 0 Å². The number of hydrogen-bond acceptors (Lipinski definition) is 5. The number of amides is 1. The lowest BCUT2D eigenvalue weighted by atomic mass is 9.97. The van der Waals surface area contributed by atoms with Crippen molar-refractivity contribution in [1.29, 1.82) is 0 Å². The number of likely N-dealkylation sites (tertiary alicyclic amines) is 1. The standard InChI is InChI=1S/C18H24N2O4/c21-18(14-3-6-22-7-4-14)20-9-17(15-11-23-12-16(15)20)24-10-13-2-1-5-19-8-13/h1-2,5,8,14-17H,3-4,6-7,9-12H2/t15-,16+,17-/m0/s1. The van der Waals surface area contributed by atoms with E-state index >= 15 is 0 Å². The summed E-state index contributed by atoms with van der Waals surface area (Å²) in [6, 6.07) is 4.09. The number of fused-ring (bicyclic) bond motifs is 1. The Kier molecular flexibility index (Phi) is 4.78. The van der Waals surface area contributed by atoms with Crippen LogP contribution in [-0.4, -0.2) is 60.9 Å². The highest BCUT2D eigenvalue weighted by Crippen LogP contribution is 2.34. The van der Waals surface area contributed by atoms with E-state index in [9.17, 15) is 4.79 Å². The summed E-state index contributed by atoms with van der Waals surface area (Å²) in [5.41, 5.74) is 1.06. The van der Waals surface area contributed by atoms with Crippen LogP contribution in [0.5, 0.6) is 0 Å². The Labute approximate surface area is 142 Å². The van der Waals surface area contributed by atoms with Gasteiger partial charge < -0.3 is 19.1 Å². The zero-order valence-corrected chi connectivity index (χ0v) is 13.8. The van der Waals surface area contributed by atoms with Crippen molar-refractivity contribution in [2.24, 2.45) is 11.8 Å². The maximum Gasteiger partial charge on any atom is 0.226 e. The molecule has 3 aliphatic rings. The number of carbonyl (C=O) groups excluding carboxylic acids is 1. The van der Waals surface area contributed by atoms with E-state index in [1.54, 1.807) is 6.20 Å². The lowest BCUT2D eigenvalue weighted by Crippen LogP contribution is -2.43. The average Bonchev–Trinajstić information content (AvgIpc) is 3.24. The number of ether oxygens (including phenoxy) is 3. The molecule has 1 aromatic rings. The molecule has 6 nitrogen and oxygen atoms in total. The van der Waals surface area contributed by atoms with Gasteiger partial charge in [0.2, 0.25) is 5.91 Å². The van der Waals surface area contributed by atoms with Gasteiger partial charge in [-0.15, -0.1) is 0 Å². The molecular formula is C18H24N2O4. The third kappa shape index (κ3) is 3.18. The van der Waals surface area contributed by atoms with Gasteiger partial charge in [-0.3, -0.25) is 9.78 Å². The predicted molar refractivity (Wildman–Crippen MR) is 86.2 cm³/mol. The third-order valence-electron chi connectivity index (χ3n) is 5.39. The summed E-state index contributed by atoms with van der Waals surface area (Å²) in [5, 5.41) is 0. The lowest BCUT2D eigenvalue weighted by Gasteiger charge is -2.29. The van der Waals surface area contributed by atoms with Crippen molar-refractivity contribution in [3.8, 4) is 0 Å². The van der Waals surface area contributed by atoms with Crippen molar-refractivity contribution < 1.29 is 19.0 Å². The first-order valence-corrected chi connectivity index (χ1v) is 8.79. The van der Waals surface area contributed by atoms with Gasteiger partial charge in [-0.2, -0.15) is 0 Å². The summed E-state index contributed by atoms with van der Waals surface area (Å²) in [7, 11) is 0. The van der Waals surface area contributed by atoms with E-state index in [-0.39, 0.29) is 29.9 Å². The fourth-order valence-corrected chi connectivity index (χ4v) is 4.00. The fourth-order valence-electron chi connectivity index (χ4n) is 4.00. The second-order valence-corrected chi connectivity index (χ2v) is 6.86. The summed E-state index contributed by atoms with van der Waals surface area (Å²) >= 11 is 0. The van der Waals surface area contributed by atoms with Crippen LogP contribution in [-0.2, 0) is 25.6 Å². The maximum atomic E-state index is 12.9. The molecule has 0 bridgehead atoms. The molecule has 0 aliphatic carbocycles. The van der Waals surface area contributed by atoms with Crippen molar-refractivity contribution in [1.82, 2.24) is 9.88 Å². The summed E-state index contributed by atoms with van der Waals surface area (Å²) in [4.78, 5) is 19.0. The minimum Gasteiger partial charge on any atom is -0.381 e. The Morgan fingerprint density at radius 2 is 2.17 bits per heavy atom. The Bertz CT molecular complexity index is 561. The summed E-state index contributed by atoms with van der Waals surface area (Å²) in [6.07, 6.45) is 5.28. The molecule has 4 heterocycles. The van der Waals surface area contributed by atoms with Crippen LogP contribution in [0.25, 0.3) is 0 Å². The summed E-state index contributed by atoms with van der Waals surface area (Å²) in [5.74, 6) is 0.633. The molecule has 130 valence electrons. The van der Waals surface area contributed by atoms with Gasteiger partial charge in [-0.05, 0) is 24.5 Å². The number of pyridine rings is 1. The second-order valence-electron chi connectivity index (χ2n) is 6.86. The van der Waals surface area contributed by atoms with E-state index in [1.165, 1.54) is 0 Å². The van der Waals surface area contributed by atoms with E-state index in [0.717, 1.165) is 18.4 Å². The molecule has 0 saturated carbocycles. The third-order valence-corrected chi connectivity index (χ3v) is 5.39. The van der Waals surface area contributed by atoms with Crippen LogP contribution in [0, 0.1) is 11.8 Å². The molecule has 0 unspecified atom stereocenters. The van der Waals surface area contributed by atoms with Crippen molar-refractivity contribution in [3.63, 3.8) is 0 Å². The van der Waals surface area contributed by atoms with Crippen LogP contribution in [0.3, 0.4) is 0 Å². The molecule has 0 aromatic carbocycles. The van der Waals surface area contributed by atoms with Gasteiger partial charge in [-0.25, -0.2) is 0 Å². The van der Waals surface area contributed by atoms with Crippen LogP contribution in [0.1, 0.15) is 18.4 Å². The molecule has 3 atom stereocenters. The number of hydrogen-bond donors (Lipinski definition) is 0. The zero-order chi connectivity index (χ0) is 16.4. The van der Waals surface area contributed by atoms with E-state index in [2.05, 4.69) is 4.98 Å². The normalized spacial score (nSPS) is 30.5. The van der Waals surface area contributed by atoms with Crippen molar-refractivity contribution in [2.75, 3.05) is 33.0 Å². The molecule has 3 saturated heterocycles. The molecule has 1 amide bonds. The smallest absolute Gasteiger partial charge is 0.226 e. The second kappa shape index (κ2) is 7.17. The Hall–Kier alpha value is -1.50. The minimum atomic E-state index is 0.0431. The summed E-state index contributed by atoms with van der Waals surface area (Å²) in [6.45, 7) is 3.90. The molecule has 6 heteroatoms.